The molecule has 0 heterocycles. The lowest BCUT2D eigenvalue weighted by Crippen LogP contribution is -1.97. The Morgan fingerprint density at radius 1 is 0.382 bits per heavy atom. The molecule has 164 valence electrons. The average molecular weight is 570 g/mol. The van der Waals surface area contributed by atoms with Gasteiger partial charge in [0.1, 0.15) is 0 Å². The highest BCUT2D eigenvalue weighted by Gasteiger charge is 2.05. The van der Waals surface area contributed by atoms with E-state index in [-0.39, 0.29) is 10.9 Å². The molecule has 2 nitrogen and oxygen atoms in total. The predicted molar refractivity (Wildman–Crippen MR) is 151 cm³/mol. The molecule has 0 radical (unpaired) electrons. The van der Waals surface area contributed by atoms with Gasteiger partial charge >= 0.3 is 0 Å². The molecule has 0 aliphatic heterocycles. The van der Waals surface area contributed by atoms with Crippen LogP contribution in [0.25, 0.3) is 43.1 Å². The summed E-state index contributed by atoms with van der Waals surface area (Å²) in [7, 11) is 0. The second-order valence-electron chi connectivity index (χ2n) is 7.91. The third-order valence-electron chi connectivity index (χ3n) is 5.83. The van der Waals surface area contributed by atoms with Crippen LogP contribution in [0.2, 0.25) is 0 Å². The molecule has 0 aliphatic carbocycles. The van der Waals surface area contributed by atoms with E-state index >= 15 is 0 Å². The smallest absolute Gasteiger partial charge is 0.194 e. The Morgan fingerprint density at radius 2 is 0.676 bits per heavy atom. The van der Waals surface area contributed by atoms with Crippen molar-refractivity contribution in [3.63, 3.8) is 0 Å². The second kappa shape index (κ2) is 9.49. The van der Waals surface area contributed by atoms with Crippen molar-refractivity contribution in [2.24, 2.45) is 0 Å². The summed E-state index contributed by atoms with van der Waals surface area (Å²) < 4.78 is 1.90. The van der Waals surface area contributed by atoms with E-state index < -0.39 is 0 Å². The van der Waals surface area contributed by atoms with E-state index in [0.29, 0.717) is 0 Å². The van der Waals surface area contributed by atoms with Gasteiger partial charge in [0.05, 0.1) is 0 Å². The topological polar surface area (TPSA) is 34.1 Å². The number of hydrogen-bond acceptors (Lipinski definition) is 2. The molecule has 0 unspecified atom stereocenters. The van der Waals surface area contributed by atoms with Gasteiger partial charge in [0.25, 0.3) is 0 Å². The van der Waals surface area contributed by atoms with Crippen molar-refractivity contribution < 1.29 is 0 Å². The van der Waals surface area contributed by atoms with Crippen LogP contribution < -0.4 is 10.9 Å². The van der Waals surface area contributed by atoms with Gasteiger partial charge in [-0.25, -0.2) is 0 Å². The van der Waals surface area contributed by atoms with E-state index in [9.17, 15) is 9.59 Å². The zero-order chi connectivity index (χ0) is 23.7. The first-order chi connectivity index (χ1) is 16.5. The Bertz CT molecular complexity index is 1690. The maximum atomic E-state index is 12.4. The highest BCUT2D eigenvalue weighted by molar-refractivity contribution is 9.11. The van der Waals surface area contributed by atoms with Crippen LogP contribution >= 0.6 is 31.9 Å². The minimum atomic E-state index is 0.0851. The number of benzene rings is 4. The minimum absolute atomic E-state index is 0.0851. The molecule has 0 spiro atoms. The van der Waals surface area contributed by atoms with Crippen LogP contribution in [-0.4, -0.2) is 0 Å². The summed E-state index contributed by atoms with van der Waals surface area (Å²) in [4.78, 5) is 24.8. The highest BCUT2D eigenvalue weighted by Crippen LogP contribution is 2.25. The van der Waals surface area contributed by atoms with Gasteiger partial charge in [-0.15, -0.1) is 0 Å². The largest absolute Gasteiger partial charge is 0.289 e. The number of halogens is 2. The molecule has 0 N–H and O–H groups in total. The summed E-state index contributed by atoms with van der Waals surface area (Å²) in [5.41, 5.74) is 0.170. The van der Waals surface area contributed by atoms with Crippen LogP contribution in [0, 0.1) is 0 Å². The summed E-state index contributed by atoms with van der Waals surface area (Å²) in [6, 6.07) is 34.7. The Balaban J connectivity index is 0.000000142. The fraction of sp³-hybridized carbons (Fsp3) is 0. The van der Waals surface area contributed by atoms with Crippen molar-refractivity contribution in [3.8, 4) is 0 Å². The van der Waals surface area contributed by atoms with E-state index in [1.807, 2.05) is 109 Å². The molecule has 0 bridgehead atoms. The van der Waals surface area contributed by atoms with Gasteiger partial charge in [-0.1, -0.05) is 129 Å². The lowest BCUT2D eigenvalue weighted by molar-refractivity contribution is 1.74. The van der Waals surface area contributed by atoms with Gasteiger partial charge in [0.2, 0.25) is 0 Å². The summed E-state index contributed by atoms with van der Waals surface area (Å²) in [6.07, 6.45) is 0. The molecule has 0 atom stereocenters. The highest BCUT2D eigenvalue weighted by atomic mass is 79.9. The monoisotopic (exact) mass is 568 g/mol. The zero-order valence-electron chi connectivity index (χ0n) is 18.0. The maximum absolute atomic E-state index is 12.4. The van der Waals surface area contributed by atoms with Crippen molar-refractivity contribution in [1.82, 2.24) is 0 Å². The molecule has 0 amide bonds. The predicted octanol–water partition coefficient (Wildman–Crippen LogP) is 8.23. The molecule has 6 aromatic carbocycles. The van der Waals surface area contributed by atoms with Crippen molar-refractivity contribution in [1.29, 1.82) is 0 Å². The summed E-state index contributed by atoms with van der Waals surface area (Å²) in [6.45, 7) is 0. The summed E-state index contributed by atoms with van der Waals surface area (Å²) >= 11 is 7.09. The van der Waals surface area contributed by atoms with Crippen molar-refractivity contribution >= 4 is 74.9 Å². The van der Waals surface area contributed by atoms with Crippen LogP contribution in [0.3, 0.4) is 0 Å². The van der Waals surface area contributed by atoms with Crippen molar-refractivity contribution in [2.45, 2.75) is 0 Å². The fourth-order valence-electron chi connectivity index (χ4n) is 4.16. The second-order valence-corrected chi connectivity index (χ2v) is 9.62. The molecule has 0 saturated heterocycles. The van der Waals surface area contributed by atoms with Gasteiger partial charge in [-0.05, 0) is 33.7 Å². The van der Waals surface area contributed by atoms with Gasteiger partial charge in [-0.3, -0.25) is 9.59 Å². The number of fused-ring (bicyclic) bond motifs is 4. The van der Waals surface area contributed by atoms with E-state index in [1.54, 1.807) is 0 Å². The van der Waals surface area contributed by atoms with Crippen LogP contribution in [0.4, 0.5) is 0 Å². The Kier molecular flexibility index (Phi) is 6.27. The van der Waals surface area contributed by atoms with Gasteiger partial charge in [-0.2, -0.15) is 0 Å². The zero-order valence-corrected chi connectivity index (χ0v) is 21.1. The maximum Gasteiger partial charge on any atom is 0.194 e. The van der Waals surface area contributed by atoms with E-state index in [4.69, 9.17) is 0 Å². The van der Waals surface area contributed by atoms with Crippen LogP contribution in [-0.2, 0) is 0 Å². The number of rotatable bonds is 0. The van der Waals surface area contributed by atoms with Crippen LogP contribution in [0.5, 0.6) is 0 Å². The summed E-state index contributed by atoms with van der Waals surface area (Å²) in [5, 5.41) is 6.84. The SMILES string of the molecule is O=c1c2ccccc2cc(Br)c2ccccc12.O=c1c2ccccc2cc(Br)c2ccccc12. The molecule has 6 rings (SSSR count). The quantitative estimate of drug-likeness (QED) is 0.185. The molecule has 6 aromatic rings. The lowest BCUT2D eigenvalue weighted by atomic mass is 10.1. The normalized spacial score (nSPS) is 10.9. The van der Waals surface area contributed by atoms with Crippen LogP contribution in [0.15, 0.2) is 128 Å². The number of hydrogen-bond donors (Lipinski definition) is 0. The third-order valence-corrected chi connectivity index (χ3v) is 7.15. The molecular formula is C30H18Br2O2. The fourth-order valence-corrected chi connectivity index (χ4v) is 5.34. The third kappa shape index (κ3) is 4.15. The van der Waals surface area contributed by atoms with Gasteiger partial charge in [0.15, 0.2) is 10.9 Å². The molecule has 0 aliphatic rings. The minimum Gasteiger partial charge on any atom is -0.289 e. The average Bonchev–Trinajstić information content (AvgIpc) is 3.06. The Labute approximate surface area is 212 Å². The van der Waals surface area contributed by atoms with E-state index in [2.05, 4.69) is 31.9 Å². The van der Waals surface area contributed by atoms with Crippen LogP contribution in [0.1, 0.15) is 0 Å². The summed E-state index contributed by atoms with van der Waals surface area (Å²) in [5.74, 6) is 0. The lowest BCUT2D eigenvalue weighted by Gasteiger charge is -1.91. The van der Waals surface area contributed by atoms with Gasteiger partial charge in [0, 0.05) is 30.5 Å². The molecular weight excluding hydrogens is 552 g/mol. The molecule has 4 heteroatoms. The Morgan fingerprint density at radius 3 is 1.06 bits per heavy atom. The Hall–Kier alpha value is -3.34. The van der Waals surface area contributed by atoms with Crippen molar-refractivity contribution in [3.05, 3.63) is 139 Å². The molecule has 0 saturated carbocycles. The van der Waals surface area contributed by atoms with E-state index in [0.717, 1.165) is 52.0 Å². The molecule has 0 fully saturated rings. The standard InChI is InChI=1S/2C15H9BrO/c2*16-14-9-10-5-1-2-6-11(10)15(17)13-8-4-3-7-12(13)14/h2*1-9H. The van der Waals surface area contributed by atoms with Gasteiger partial charge < -0.3 is 0 Å². The molecule has 34 heavy (non-hydrogen) atoms. The van der Waals surface area contributed by atoms with Crippen molar-refractivity contribution in [2.75, 3.05) is 0 Å². The first-order valence-corrected chi connectivity index (χ1v) is 12.3. The first kappa shape index (κ1) is 22.5. The molecule has 0 aromatic heterocycles. The first-order valence-electron chi connectivity index (χ1n) is 10.8. The van der Waals surface area contributed by atoms with E-state index in [1.165, 1.54) is 0 Å².